The molecule has 0 bridgehead atoms. The van der Waals surface area contributed by atoms with Crippen molar-refractivity contribution in [3.63, 3.8) is 0 Å². The van der Waals surface area contributed by atoms with Crippen LogP contribution in [0.5, 0.6) is 0 Å². The Morgan fingerprint density at radius 2 is 2.07 bits per heavy atom. The van der Waals surface area contributed by atoms with Crippen LogP contribution in [0.1, 0.15) is 16.8 Å². The minimum Gasteiger partial charge on any atom is -0.462 e. The Hall–Kier alpha value is -1.84. The molecule has 1 saturated heterocycles. The van der Waals surface area contributed by atoms with Gasteiger partial charge in [-0.1, -0.05) is 18.2 Å². The Bertz CT molecular complexity index is 371. The van der Waals surface area contributed by atoms with Crippen molar-refractivity contribution in [2.45, 2.75) is 12.5 Å². The molecular weight excluding hydrogens is 196 g/mol. The first-order chi connectivity index (χ1) is 7.25. The van der Waals surface area contributed by atoms with Gasteiger partial charge in [0.15, 0.2) is 0 Å². The van der Waals surface area contributed by atoms with Gasteiger partial charge in [0.05, 0.1) is 12.0 Å². The topological polar surface area (TPSA) is 52.6 Å². The number of benzene rings is 1. The van der Waals surface area contributed by atoms with Crippen LogP contribution in [0.25, 0.3) is 0 Å². The maximum atomic E-state index is 11.5. The number of esters is 2. The van der Waals surface area contributed by atoms with E-state index in [-0.39, 0.29) is 19.0 Å². The van der Waals surface area contributed by atoms with Crippen molar-refractivity contribution in [2.24, 2.45) is 0 Å². The lowest BCUT2D eigenvalue weighted by molar-refractivity contribution is -0.137. The molecule has 1 heterocycles. The average Bonchev–Trinajstić information content (AvgIpc) is 2.65. The second-order valence-corrected chi connectivity index (χ2v) is 3.28. The van der Waals surface area contributed by atoms with Crippen LogP contribution < -0.4 is 0 Å². The first-order valence-corrected chi connectivity index (χ1v) is 4.67. The normalized spacial score (nSPS) is 19.7. The largest absolute Gasteiger partial charge is 0.462 e. The maximum absolute atomic E-state index is 11.5. The highest BCUT2D eigenvalue weighted by Crippen LogP contribution is 2.12. The highest BCUT2D eigenvalue weighted by Gasteiger charge is 2.27. The van der Waals surface area contributed by atoms with E-state index in [0.29, 0.717) is 5.56 Å². The Morgan fingerprint density at radius 3 is 2.67 bits per heavy atom. The molecule has 1 fully saturated rings. The molecule has 0 saturated carbocycles. The van der Waals surface area contributed by atoms with E-state index in [2.05, 4.69) is 4.74 Å². The Balaban J connectivity index is 1.96. The van der Waals surface area contributed by atoms with Gasteiger partial charge in [0, 0.05) is 0 Å². The summed E-state index contributed by atoms with van der Waals surface area (Å²) in [7, 11) is 0. The molecule has 1 atom stereocenters. The van der Waals surface area contributed by atoms with Crippen LogP contribution in [0.3, 0.4) is 0 Å². The average molecular weight is 206 g/mol. The first-order valence-electron chi connectivity index (χ1n) is 4.67. The molecule has 4 nitrogen and oxygen atoms in total. The summed E-state index contributed by atoms with van der Waals surface area (Å²) in [6.45, 7) is 0.164. The van der Waals surface area contributed by atoms with Gasteiger partial charge < -0.3 is 9.47 Å². The third-order valence-electron chi connectivity index (χ3n) is 2.11. The molecule has 0 spiro atoms. The van der Waals surface area contributed by atoms with Gasteiger partial charge in [-0.15, -0.1) is 0 Å². The number of ether oxygens (including phenoxy) is 2. The van der Waals surface area contributed by atoms with Crippen molar-refractivity contribution >= 4 is 11.9 Å². The zero-order valence-corrected chi connectivity index (χ0v) is 8.01. The van der Waals surface area contributed by atoms with Crippen LogP contribution in [0.2, 0.25) is 0 Å². The smallest absolute Gasteiger partial charge is 0.338 e. The van der Waals surface area contributed by atoms with Gasteiger partial charge >= 0.3 is 11.9 Å². The fourth-order valence-corrected chi connectivity index (χ4v) is 1.36. The minimum atomic E-state index is -0.440. The standard InChI is InChI=1S/C11H10O4/c12-10-6-9(7-14-10)15-11(13)8-4-2-1-3-5-8/h1-5,9H,6-7H2/t9-/m1/s1. The van der Waals surface area contributed by atoms with E-state index in [1.54, 1.807) is 24.3 Å². The van der Waals surface area contributed by atoms with Crippen molar-refractivity contribution in [2.75, 3.05) is 6.61 Å². The summed E-state index contributed by atoms with van der Waals surface area (Å²) < 4.78 is 9.77. The second kappa shape index (κ2) is 4.13. The van der Waals surface area contributed by atoms with Crippen LogP contribution in [-0.4, -0.2) is 24.6 Å². The Labute approximate surface area is 86.8 Å². The van der Waals surface area contributed by atoms with Crippen LogP contribution in [0.15, 0.2) is 30.3 Å². The molecule has 0 aliphatic carbocycles. The number of cyclic esters (lactones) is 1. The van der Waals surface area contributed by atoms with Gasteiger partial charge in [-0.3, -0.25) is 4.79 Å². The number of hydrogen-bond acceptors (Lipinski definition) is 4. The summed E-state index contributed by atoms with van der Waals surface area (Å²) in [5.41, 5.74) is 0.483. The van der Waals surface area contributed by atoms with Crippen LogP contribution in [-0.2, 0) is 14.3 Å². The van der Waals surface area contributed by atoms with Crippen molar-refractivity contribution < 1.29 is 19.1 Å². The molecule has 0 amide bonds. The summed E-state index contributed by atoms with van der Waals surface area (Å²) in [5, 5.41) is 0. The summed E-state index contributed by atoms with van der Waals surface area (Å²) >= 11 is 0. The highest BCUT2D eigenvalue weighted by atomic mass is 16.6. The summed E-state index contributed by atoms with van der Waals surface area (Å²) in [4.78, 5) is 22.3. The maximum Gasteiger partial charge on any atom is 0.338 e. The van der Waals surface area contributed by atoms with Crippen LogP contribution in [0.4, 0.5) is 0 Å². The van der Waals surface area contributed by atoms with Crippen molar-refractivity contribution in [1.82, 2.24) is 0 Å². The summed E-state index contributed by atoms with van der Waals surface area (Å²) in [6, 6.07) is 8.67. The highest BCUT2D eigenvalue weighted by molar-refractivity contribution is 5.89. The lowest BCUT2D eigenvalue weighted by Crippen LogP contribution is -2.18. The molecule has 1 aliphatic heterocycles. The van der Waals surface area contributed by atoms with E-state index >= 15 is 0 Å². The zero-order chi connectivity index (χ0) is 10.7. The summed E-state index contributed by atoms with van der Waals surface area (Å²) in [5.74, 6) is -0.736. The number of hydrogen-bond donors (Lipinski definition) is 0. The molecule has 78 valence electrons. The molecule has 1 aromatic rings. The third kappa shape index (κ3) is 2.34. The van der Waals surface area contributed by atoms with Gasteiger partial charge in [0.2, 0.25) is 0 Å². The second-order valence-electron chi connectivity index (χ2n) is 3.28. The zero-order valence-electron chi connectivity index (χ0n) is 8.01. The van der Waals surface area contributed by atoms with Crippen molar-refractivity contribution in [1.29, 1.82) is 0 Å². The summed E-state index contributed by atoms with van der Waals surface area (Å²) in [6.07, 6.45) is -0.288. The third-order valence-corrected chi connectivity index (χ3v) is 2.11. The van der Waals surface area contributed by atoms with Crippen LogP contribution in [0, 0.1) is 0 Å². The molecule has 0 N–H and O–H groups in total. The van der Waals surface area contributed by atoms with Gasteiger partial charge in [-0.25, -0.2) is 4.79 Å². The number of carbonyl (C=O) groups excluding carboxylic acids is 2. The van der Waals surface area contributed by atoms with Gasteiger partial charge in [-0.2, -0.15) is 0 Å². The monoisotopic (exact) mass is 206 g/mol. The predicted molar refractivity (Wildman–Crippen MR) is 51.2 cm³/mol. The molecule has 0 aromatic heterocycles. The van der Waals surface area contributed by atoms with Crippen molar-refractivity contribution in [3.8, 4) is 0 Å². The van der Waals surface area contributed by atoms with E-state index in [1.807, 2.05) is 6.07 Å². The quantitative estimate of drug-likeness (QED) is 0.681. The molecule has 0 radical (unpaired) electrons. The molecule has 1 aromatic carbocycles. The Kier molecular flexibility index (Phi) is 2.67. The molecule has 2 rings (SSSR count). The Morgan fingerprint density at radius 1 is 1.33 bits per heavy atom. The van der Waals surface area contributed by atoms with Gasteiger partial charge in [0.25, 0.3) is 0 Å². The lowest BCUT2D eigenvalue weighted by atomic mass is 10.2. The molecule has 4 heteroatoms. The van der Waals surface area contributed by atoms with E-state index in [4.69, 9.17) is 4.74 Å². The van der Waals surface area contributed by atoms with Crippen molar-refractivity contribution in [3.05, 3.63) is 35.9 Å². The van der Waals surface area contributed by atoms with E-state index < -0.39 is 12.1 Å². The fraction of sp³-hybridized carbons (Fsp3) is 0.273. The van der Waals surface area contributed by atoms with E-state index in [0.717, 1.165) is 0 Å². The molecule has 0 unspecified atom stereocenters. The number of rotatable bonds is 2. The molecule has 1 aliphatic rings. The SMILES string of the molecule is O=C1C[C@@H](OC(=O)c2ccccc2)CO1. The number of carbonyl (C=O) groups is 2. The van der Waals surface area contributed by atoms with E-state index in [1.165, 1.54) is 0 Å². The van der Waals surface area contributed by atoms with Gasteiger partial charge in [-0.05, 0) is 12.1 Å². The predicted octanol–water partition coefficient (Wildman–Crippen LogP) is 1.16. The van der Waals surface area contributed by atoms with Crippen LogP contribution >= 0.6 is 0 Å². The van der Waals surface area contributed by atoms with Gasteiger partial charge in [0.1, 0.15) is 12.7 Å². The first kappa shape index (κ1) is 9.71. The molecular formula is C11H10O4. The molecule has 15 heavy (non-hydrogen) atoms. The minimum absolute atomic E-state index is 0.151. The fourth-order valence-electron chi connectivity index (χ4n) is 1.36. The lowest BCUT2D eigenvalue weighted by Gasteiger charge is -2.08. The van der Waals surface area contributed by atoms with E-state index in [9.17, 15) is 9.59 Å².